The molecule has 4 atom stereocenters. The zero-order chi connectivity index (χ0) is 16.1. The lowest BCUT2D eigenvalue weighted by Gasteiger charge is -2.18. The standard InChI is InChI=1S/C16H21N5O2/c1-9(2)21-16(17-8-18-21)19-14(22)15(23)20-6-12-10-3-4-11(5-10)13(12)7-20/h3-4,8-13H,5-7H2,1-2H3,(H,17,18,19,22)/t10?,11?,12-,13+. The maximum Gasteiger partial charge on any atom is 0.316 e. The van der Waals surface area contributed by atoms with E-state index in [2.05, 4.69) is 27.6 Å². The van der Waals surface area contributed by atoms with Crippen LogP contribution in [0.25, 0.3) is 0 Å². The predicted molar refractivity (Wildman–Crippen MR) is 83.3 cm³/mol. The highest BCUT2D eigenvalue weighted by molar-refractivity contribution is 6.39. The van der Waals surface area contributed by atoms with Gasteiger partial charge < -0.3 is 4.90 Å². The molecule has 2 heterocycles. The normalized spacial score (nSPS) is 31.0. The first-order valence-electron chi connectivity index (χ1n) is 8.22. The summed E-state index contributed by atoms with van der Waals surface area (Å²) in [6.45, 7) is 5.27. The van der Waals surface area contributed by atoms with Crippen molar-refractivity contribution in [2.75, 3.05) is 18.4 Å². The van der Waals surface area contributed by atoms with Gasteiger partial charge in [0, 0.05) is 13.1 Å². The van der Waals surface area contributed by atoms with E-state index in [0.717, 1.165) is 0 Å². The molecule has 1 aromatic heterocycles. The van der Waals surface area contributed by atoms with Crippen molar-refractivity contribution in [2.45, 2.75) is 26.3 Å². The summed E-state index contributed by atoms with van der Waals surface area (Å²) in [4.78, 5) is 30.4. The van der Waals surface area contributed by atoms with Gasteiger partial charge in [-0.15, -0.1) is 0 Å². The number of fused-ring (bicyclic) bond motifs is 5. The number of hydrogen-bond donors (Lipinski definition) is 1. The molecule has 2 bridgehead atoms. The molecule has 2 aliphatic carbocycles. The van der Waals surface area contributed by atoms with Crippen LogP contribution in [0.3, 0.4) is 0 Å². The van der Waals surface area contributed by atoms with Gasteiger partial charge in [-0.25, -0.2) is 4.68 Å². The molecular weight excluding hydrogens is 294 g/mol. The van der Waals surface area contributed by atoms with Crippen molar-refractivity contribution >= 4 is 17.8 Å². The molecule has 122 valence electrons. The zero-order valence-electron chi connectivity index (χ0n) is 13.3. The molecule has 1 saturated heterocycles. The van der Waals surface area contributed by atoms with Crippen LogP contribution in [0.1, 0.15) is 26.3 Å². The van der Waals surface area contributed by atoms with Crippen molar-refractivity contribution in [2.24, 2.45) is 23.7 Å². The van der Waals surface area contributed by atoms with Gasteiger partial charge in [0.2, 0.25) is 5.95 Å². The second kappa shape index (κ2) is 5.18. The third-order valence-electron chi connectivity index (χ3n) is 5.43. The van der Waals surface area contributed by atoms with Gasteiger partial charge in [-0.05, 0) is 43.9 Å². The van der Waals surface area contributed by atoms with Crippen LogP contribution < -0.4 is 5.32 Å². The molecule has 0 spiro atoms. The van der Waals surface area contributed by atoms with E-state index in [-0.39, 0.29) is 6.04 Å². The summed E-state index contributed by atoms with van der Waals surface area (Å²) in [5.74, 6) is 1.48. The Hall–Kier alpha value is -2.18. The largest absolute Gasteiger partial charge is 0.334 e. The molecule has 4 rings (SSSR count). The molecule has 2 unspecified atom stereocenters. The van der Waals surface area contributed by atoms with E-state index < -0.39 is 11.8 Å². The van der Waals surface area contributed by atoms with Crippen LogP contribution in [-0.4, -0.2) is 44.6 Å². The third-order valence-corrected chi connectivity index (χ3v) is 5.43. The fourth-order valence-corrected chi connectivity index (χ4v) is 4.33. The summed E-state index contributed by atoms with van der Waals surface area (Å²) >= 11 is 0. The van der Waals surface area contributed by atoms with Crippen molar-refractivity contribution in [3.8, 4) is 0 Å². The third kappa shape index (κ3) is 2.26. The molecule has 0 radical (unpaired) electrons. The fraction of sp³-hybridized carbons (Fsp3) is 0.625. The summed E-state index contributed by atoms with van der Waals surface area (Å²) in [5, 5.41) is 6.65. The smallest absolute Gasteiger partial charge is 0.316 e. The van der Waals surface area contributed by atoms with Gasteiger partial charge >= 0.3 is 11.8 Å². The van der Waals surface area contributed by atoms with Gasteiger partial charge in [0.1, 0.15) is 6.33 Å². The minimum absolute atomic E-state index is 0.0655. The Bertz CT molecular complexity index is 660. The highest BCUT2D eigenvalue weighted by Gasteiger charge is 2.50. The summed E-state index contributed by atoms with van der Waals surface area (Å²) < 4.78 is 1.59. The lowest BCUT2D eigenvalue weighted by molar-refractivity contribution is -0.142. The van der Waals surface area contributed by atoms with E-state index >= 15 is 0 Å². The molecule has 2 fully saturated rings. The first kappa shape index (κ1) is 14.4. The monoisotopic (exact) mass is 315 g/mol. The Morgan fingerprint density at radius 3 is 2.48 bits per heavy atom. The van der Waals surface area contributed by atoms with Crippen LogP contribution in [-0.2, 0) is 9.59 Å². The number of carbonyl (C=O) groups excluding carboxylic acids is 2. The van der Waals surface area contributed by atoms with Crippen molar-refractivity contribution < 1.29 is 9.59 Å². The van der Waals surface area contributed by atoms with Crippen LogP contribution in [0.5, 0.6) is 0 Å². The Balaban J connectivity index is 1.42. The number of amides is 2. The topological polar surface area (TPSA) is 80.1 Å². The number of nitrogens with one attached hydrogen (secondary N) is 1. The average molecular weight is 315 g/mol. The number of rotatable bonds is 2. The average Bonchev–Trinajstić information content (AvgIpc) is 3.26. The number of carbonyl (C=O) groups is 2. The molecule has 1 aromatic rings. The maximum absolute atomic E-state index is 12.5. The Morgan fingerprint density at radius 2 is 1.87 bits per heavy atom. The number of hydrogen-bond acceptors (Lipinski definition) is 4. The molecule has 23 heavy (non-hydrogen) atoms. The highest BCUT2D eigenvalue weighted by atomic mass is 16.2. The second-order valence-corrected chi connectivity index (χ2v) is 7.06. The molecule has 7 nitrogen and oxygen atoms in total. The number of allylic oxidation sites excluding steroid dienone is 2. The number of nitrogens with zero attached hydrogens (tertiary/aromatic N) is 4. The number of likely N-dealkylation sites (tertiary alicyclic amines) is 1. The number of anilines is 1. The summed E-state index contributed by atoms with van der Waals surface area (Å²) in [5.41, 5.74) is 0. The summed E-state index contributed by atoms with van der Waals surface area (Å²) in [7, 11) is 0. The van der Waals surface area contributed by atoms with Crippen LogP contribution in [0.15, 0.2) is 18.5 Å². The highest BCUT2D eigenvalue weighted by Crippen LogP contribution is 2.51. The molecule has 2 amide bonds. The molecular formula is C16H21N5O2. The first-order chi connectivity index (χ1) is 11.0. The summed E-state index contributed by atoms with van der Waals surface area (Å²) in [6, 6.07) is 0.0655. The van der Waals surface area contributed by atoms with Gasteiger partial charge in [-0.1, -0.05) is 12.2 Å². The predicted octanol–water partition coefficient (Wildman–Crippen LogP) is 1.08. The van der Waals surface area contributed by atoms with Gasteiger partial charge in [0.25, 0.3) is 0 Å². The molecule has 1 saturated carbocycles. The number of aromatic nitrogens is 3. The lowest BCUT2D eigenvalue weighted by atomic mass is 9.86. The minimum atomic E-state index is -0.625. The van der Waals surface area contributed by atoms with E-state index in [9.17, 15) is 9.59 Å². The zero-order valence-corrected chi connectivity index (χ0v) is 13.3. The second-order valence-electron chi connectivity index (χ2n) is 7.06. The van der Waals surface area contributed by atoms with E-state index in [1.165, 1.54) is 12.7 Å². The molecule has 1 aliphatic heterocycles. The van der Waals surface area contributed by atoms with E-state index in [1.54, 1.807) is 9.58 Å². The van der Waals surface area contributed by atoms with Gasteiger partial charge in [0.05, 0.1) is 6.04 Å². The molecule has 0 aromatic carbocycles. The van der Waals surface area contributed by atoms with Crippen molar-refractivity contribution in [1.29, 1.82) is 0 Å². The SMILES string of the molecule is CC(C)n1ncnc1NC(=O)C(=O)N1C[C@@H]2C3C=CC(C3)[C@@H]2C1. The fourth-order valence-electron chi connectivity index (χ4n) is 4.33. The van der Waals surface area contributed by atoms with Gasteiger partial charge in [-0.3, -0.25) is 14.9 Å². The quantitative estimate of drug-likeness (QED) is 0.654. The van der Waals surface area contributed by atoms with Crippen LogP contribution >= 0.6 is 0 Å². The molecule has 7 heteroatoms. The Morgan fingerprint density at radius 1 is 1.22 bits per heavy atom. The van der Waals surface area contributed by atoms with Crippen molar-refractivity contribution in [3.05, 3.63) is 18.5 Å². The van der Waals surface area contributed by atoms with Gasteiger partial charge in [-0.2, -0.15) is 10.1 Å². The van der Waals surface area contributed by atoms with E-state index in [1.807, 2.05) is 13.8 Å². The van der Waals surface area contributed by atoms with Crippen LogP contribution in [0.4, 0.5) is 5.95 Å². The first-order valence-corrected chi connectivity index (χ1v) is 8.22. The molecule has 1 N–H and O–H groups in total. The Kier molecular flexibility index (Phi) is 3.25. The van der Waals surface area contributed by atoms with Crippen molar-refractivity contribution in [1.82, 2.24) is 19.7 Å². The van der Waals surface area contributed by atoms with E-state index in [4.69, 9.17) is 0 Å². The van der Waals surface area contributed by atoms with Gasteiger partial charge in [0.15, 0.2) is 0 Å². The van der Waals surface area contributed by atoms with E-state index in [0.29, 0.717) is 42.7 Å². The molecule has 3 aliphatic rings. The van der Waals surface area contributed by atoms with Crippen molar-refractivity contribution in [3.63, 3.8) is 0 Å². The minimum Gasteiger partial charge on any atom is -0.334 e. The summed E-state index contributed by atoms with van der Waals surface area (Å²) in [6.07, 6.45) is 7.17. The Labute approximate surface area is 134 Å². The van der Waals surface area contributed by atoms with Crippen LogP contribution in [0, 0.1) is 23.7 Å². The van der Waals surface area contributed by atoms with Crippen LogP contribution in [0.2, 0.25) is 0 Å². The maximum atomic E-state index is 12.5. The lowest BCUT2D eigenvalue weighted by Crippen LogP contribution is -2.39.